The quantitative estimate of drug-likeness (QED) is 0.728. The van der Waals surface area contributed by atoms with Gasteiger partial charge in [0.2, 0.25) is 0 Å². The van der Waals surface area contributed by atoms with Gasteiger partial charge in [-0.1, -0.05) is 34.1 Å². The summed E-state index contributed by atoms with van der Waals surface area (Å²) in [4.78, 5) is 12.2. The van der Waals surface area contributed by atoms with Crippen LogP contribution in [0.1, 0.15) is 24.1 Å². The van der Waals surface area contributed by atoms with Crippen molar-refractivity contribution in [2.24, 2.45) is 0 Å². The van der Waals surface area contributed by atoms with Gasteiger partial charge in [-0.15, -0.1) is 0 Å². The van der Waals surface area contributed by atoms with Crippen LogP contribution in [0.2, 0.25) is 0 Å². The predicted octanol–water partition coefficient (Wildman–Crippen LogP) is 4.07. The first kappa shape index (κ1) is 19.1. The van der Waals surface area contributed by atoms with Gasteiger partial charge in [0.15, 0.2) is 0 Å². The van der Waals surface area contributed by atoms with Crippen molar-refractivity contribution in [3.8, 4) is 11.5 Å². The molecule has 0 aromatic heterocycles. The van der Waals surface area contributed by atoms with Gasteiger partial charge in [0.1, 0.15) is 11.5 Å². The van der Waals surface area contributed by atoms with E-state index in [9.17, 15) is 4.79 Å². The van der Waals surface area contributed by atoms with Crippen LogP contribution >= 0.6 is 15.9 Å². The molecule has 0 aliphatic heterocycles. The Morgan fingerprint density at radius 2 is 1.92 bits per heavy atom. The Labute approximate surface area is 156 Å². The zero-order valence-electron chi connectivity index (χ0n) is 14.6. The van der Waals surface area contributed by atoms with Gasteiger partial charge in [0, 0.05) is 16.6 Å². The summed E-state index contributed by atoms with van der Waals surface area (Å²) in [7, 11) is 3.22. The third-order valence-corrected chi connectivity index (χ3v) is 4.66. The van der Waals surface area contributed by atoms with Gasteiger partial charge < -0.3 is 20.1 Å². The third-order valence-electron chi connectivity index (χ3n) is 3.89. The van der Waals surface area contributed by atoms with Crippen molar-refractivity contribution < 1.29 is 14.3 Å². The standard InChI is InChI=1S/C19H23BrN2O3/c1-13(16-12-15(24-2)8-9-18(16)25-3)22-19(23)21-11-10-14-6-4-5-7-17(14)20/h4-9,12-13H,10-11H2,1-3H3,(H2,21,22,23). The van der Waals surface area contributed by atoms with E-state index in [1.165, 1.54) is 0 Å². The van der Waals surface area contributed by atoms with Gasteiger partial charge in [-0.25, -0.2) is 4.79 Å². The molecule has 5 nitrogen and oxygen atoms in total. The average molecular weight is 407 g/mol. The Bertz CT molecular complexity index is 722. The van der Waals surface area contributed by atoms with Gasteiger partial charge in [-0.3, -0.25) is 0 Å². The molecule has 6 heteroatoms. The molecule has 0 bridgehead atoms. The summed E-state index contributed by atoms with van der Waals surface area (Å²) in [6.45, 7) is 2.46. The molecule has 0 spiro atoms. The Kier molecular flexibility index (Phi) is 7.13. The first-order valence-electron chi connectivity index (χ1n) is 8.05. The van der Waals surface area contributed by atoms with Gasteiger partial charge in [-0.05, 0) is 43.2 Å². The van der Waals surface area contributed by atoms with Gasteiger partial charge >= 0.3 is 6.03 Å². The summed E-state index contributed by atoms with van der Waals surface area (Å²) in [5, 5.41) is 5.81. The zero-order chi connectivity index (χ0) is 18.2. The van der Waals surface area contributed by atoms with Crippen molar-refractivity contribution in [3.63, 3.8) is 0 Å². The zero-order valence-corrected chi connectivity index (χ0v) is 16.2. The number of halogens is 1. The molecule has 2 amide bonds. The number of methoxy groups -OCH3 is 2. The van der Waals surface area contributed by atoms with Crippen LogP contribution in [0.5, 0.6) is 11.5 Å². The Morgan fingerprint density at radius 3 is 2.60 bits per heavy atom. The molecule has 1 unspecified atom stereocenters. The molecule has 2 aromatic rings. The summed E-state index contributed by atoms with van der Waals surface area (Å²) in [5.41, 5.74) is 2.02. The van der Waals surface area contributed by atoms with E-state index in [0.717, 1.165) is 27.8 Å². The molecule has 0 aliphatic carbocycles. The molecule has 1 atom stereocenters. The maximum absolute atomic E-state index is 12.2. The van der Waals surface area contributed by atoms with E-state index < -0.39 is 0 Å². The van der Waals surface area contributed by atoms with Crippen molar-refractivity contribution >= 4 is 22.0 Å². The molecule has 0 saturated heterocycles. The number of carbonyl (C=O) groups excluding carboxylic acids is 1. The highest BCUT2D eigenvalue weighted by Crippen LogP contribution is 2.29. The maximum Gasteiger partial charge on any atom is 0.315 e. The first-order chi connectivity index (χ1) is 12.0. The number of amides is 2. The van der Waals surface area contributed by atoms with Crippen LogP contribution in [0.3, 0.4) is 0 Å². The molecular formula is C19H23BrN2O3. The molecular weight excluding hydrogens is 384 g/mol. The summed E-state index contributed by atoms with van der Waals surface area (Å²) >= 11 is 3.51. The predicted molar refractivity (Wildman–Crippen MR) is 102 cm³/mol. The number of rotatable bonds is 7. The topological polar surface area (TPSA) is 59.6 Å². The number of hydrogen-bond donors (Lipinski definition) is 2. The fourth-order valence-corrected chi connectivity index (χ4v) is 3.00. The van der Waals surface area contributed by atoms with E-state index in [1.807, 2.05) is 49.4 Å². The van der Waals surface area contributed by atoms with E-state index in [4.69, 9.17) is 9.47 Å². The van der Waals surface area contributed by atoms with Crippen LogP contribution in [0.4, 0.5) is 4.79 Å². The second-order valence-corrected chi connectivity index (χ2v) is 6.43. The minimum atomic E-state index is -0.218. The molecule has 134 valence electrons. The molecule has 2 N–H and O–H groups in total. The van der Waals surface area contributed by atoms with Crippen molar-refractivity contribution in [1.82, 2.24) is 10.6 Å². The van der Waals surface area contributed by atoms with Gasteiger partial charge in [-0.2, -0.15) is 0 Å². The fourth-order valence-electron chi connectivity index (χ4n) is 2.52. The third kappa shape index (κ3) is 5.39. The second kappa shape index (κ2) is 9.32. The summed E-state index contributed by atoms with van der Waals surface area (Å²) in [6, 6.07) is 13.1. The van der Waals surface area contributed by atoms with Crippen LogP contribution in [0, 0.1) is 0 Å². The lowest BCUT2D eigenvalue weighted by Crippen LogP contribution is -2.38. The summed E-state index contributed by atoms with van der Waals surface area (Å²) in [6.07, 6.45) is 0.756. The van der Waals surface area contributed by atoms with Crippen LogP contribution in [-0.4, -0.2) is 26.8 Å². The SMILES string of the molecule is COc1ccc(OC)c(C(C)NC(=O)NCCc2ccccc2Br)c1. The molecule has 0 aliphatic rings. The number of carbonyl (C=O) groups is 1. The molecule has 2 rings (SSSR count). The molecule has 0 fully saturated rings. The smallest absolute Gasteiger partial charge is 0.315 e. The van der Waals surface area contributed by atoms with E-state index in [2.05, 4.69) is 26.6 Å². The van der Waals surface area contributed by atoms with Gasteiger partial charge in [0.25, 0.3) is 0 Å². The minimum Gasteiger partial charge on any atom is -0.497 e. The van der Waals surface area contributed by atoms with Gasteiger partial charge in [0.05, 0.1) is 20.3 Å². The molecule has 0 saturated carbocycles. The van der Waals surface area contributed by atoms with Crippen molar-refractivity contribution in [1.29, 1.82) is 0 Å². The second-order valence-electron chi connectivity index (χ2n) is 5.57. The molecule has 0 radical (unpaired) electrons. The van der Waals surface area contributed by atoms with Crippen molar-refractivity contribution in [2.45, 2.75) is 19.4 Å². The average Bonchev–Trinajstić information content (AvgIpc) is 2.62. The Balaban J connectivity index is 1.91. The lowest BCUT2D eigenvalue weighted by molar-refractivity contribution is 0.238. The molecule has 2 aromatic carbocycles. The van der Waals surface area contributed by atoms with E-state index in [1.54, 1.807) is 14.2 Å². The number of nitrogens with one attached hydrogen (secondary N) is 2. The van der Waals surface area contributed by atoms with Crippen molar-refractivity contribution in [2.75, 3.05) is 20.8 Å². The summed E-state index contributed by atoms with van der Waals surface area (Å²) in [5.74, 6) is 1.43. The Morgan fingerprint density at radius 1 is 1.16 bits per heavy atom. The lowest BCUT2D eigenvalue weighted by atomic mass is 10.1. The largest absolute Gasteiger partial charge is 0.497 e. The monoisotopic (exact) mass is 406 g/mol. The minimum absolute atomic E-state index is 0.214. The van der Waals surface area contributed by atoms with E-state index in [0.29, 0.717) is 12.3 Å². The number of ether oxygens (including phenoxy) is 2. The van der Waals surface area contributed by atoms with Crippen LogP contribution in [-0.2, 0) is 6.42 Å². The van der Waals surface area contributed by atoms with E-state index >= 15 is 0 Å². The maximum atomic E-state index is 12.2. The first-order valence-corrected chi connectivity index (χ1v) is 8.84. The summed E-state index contributed by atoms with van der Waals surface area (Å²) < 4.78 is 11.7. The van der Waals surface area contributed by atoms with Crippen LogP contribution in [0.15, 0.2) is 46.9 Å². The fraction of sp³-hybridized carbons (Fsp3) is 0.316. The number of benzene rings is 2. The van der Waals surface area contributed by atoms with Crippen molar-refractivity contribution in [3.05, 3.63) is 58.1 Å². The Hall–Kier alpha value is -2.21. The number of hydrogen-bond acceptors (Lipinski definition) is 3. The van der Waals surface area contributed by atoms with E-state index in [-0.39, 0.29) is 12.1 Å². The van der Waals surface area contributed by atoms with Crippen LogP contribution < -0.4 is 20.1 Å². The number of urea groups is 1. The lowest BCUT2D eigenvalue weighted by Gasteiger charge is -2.18. The molecule has 0 heterocycles. The molecule has 25 heavy (non-hydrogen) atoms. The van der Waals surface area contributed by atoms with Crippen LogP contribution in [0.25, 0.3) is 0 Å². The highest BCUT2D eigenvalue weighted by atomic mass is 79.9. The highest BCUT2D eigenvalue weighted by Gasteiger charge is 2.15. The highest BCUT2D eigenvalue weighted by molar-refractivity contribution is 9.10. The normalized spacial score (nSPS) is 11.5.